The van der Waals surface area contributed by atoms with Crippen LogP contribution in [0.2, 0.25) is 0 Å². The van der Waals surface area contributed by atoms with E-state index in [-0.39, 0.29) is 0 Å². The molecule has 0 aliphatic carbocycles. The summed E-state index contributed by atoms with van der Waals surface area (Å²) >= 11 is 0. The van der Waals surface area contributed by atoms with E-state index in [0.717, 1.165) is 49.6 Å². The first kappa shape index (κ1) is 18.3. The normalized spacial score (nSPS) is 17.1. The van der Waals surface area contributed by atoms with Crippen molar-refractivity contribution in [1.29, 1.82) is 0 Å². The maximum Gasteiger partial charge on any atom is 0.191 e. The standard InChI is InChI=1S/C23H27N5/c1-24-23(27-20-14-16-28(17-20)21-8-3-2-4-9-21)25-15-13-19-12-11-18-7-5-6-10-22(18)26-19/h2-12,20H,13-17H2,1H3,(H2,24,25,27). The molecule has 1 fully saturated rings. The summed E-state index contributed by atoms with van der Waals surface area (Å²) in [4.78, 5) is 11.5. The minimum absolute atomic E-state index is 0.408. The van der Waals surface area contributed by atoms with Gasteiger partial charge in [0.25, 0.3) is 0 Å². The number of para-hydroxylation sites is 2. The maximum atomic E-state index is 4.74. The molecule has 2 aromatic carbocycles. The summed E-state index contributed by atoms with van der Waals surface area (Å²) in [6.45, 7) is 2.87. The van der Waals surface area contributed by atoms with Gasteiger partial charge < -0.3 is 15.5 Å². The fourth-order valence-corrected chi connectivity index (χ4v) is 3.70. The van der Waals surface area contributed by atoms with Crippen molar-refractivity contribution in [3.05, 3.63) is 72.4 Å². The van der Waals surface area contributed by atoms with E-state index in [9.17, 15) is 0 Å². The van der Waals surface area contributed by atoms with E-state index in [1.807, 2.05) is 19.2 Å². The Morgan fingerprint density at radius 1 is 1.07 bits per heavy atom. The Labute approximate surface area is 166 Å². The van der Waals surface area contributed by atoms with Gasteiger partial charge in [-0.25, -0.2) is 0 Å². The molecule has 0 spiro atoms. The van der Waals surface area contributed by atoms with Crippen molar-refractivity contribution >= 4 is 22.5 Å². The summed E-state index contributed by atoms with van der Waals surface area (Å²) in [6, 6.07) is 23.5. The predicted molar refractivity (Wildman–Crippen MR) is 117 cm³/mol. The van der Waals surface area contributed by atoms with Gasteiger partial charge in [-0.05, 0) is 30.7 Å². The van der Waals surface area contributed by atoms with Gasteiger partial charge in [0, 0.05) is 55.9 Å². The van der Waals surface area contributed by atoms with Crippen LogP contribution in [0.25, 0.3) is 10.9 Å². The van der Waals surface area contributed by atoms with Crippen molar-refractivity contribution in [2.75, 3.05) is 31.6 Å². The molecule has 0 saturated carbocycles. The van der Waals surface area contributed by atoms with Crippen LogP contribution in [0.4, 0.5) is 5.69 Å². The van der Waals surface area contributed by atoms with Gasteiger partial charge >= 0.3 is 0 Å². The number of guanidine groups is 1. The van der Waals surface area contributed by atoms with Gasteiger partial charge in [0.1, 0.15) is 0 Å². The highest BCUT2D eigenvalue weighted by molar-refractivity contribution is 5.80. The molecule has 1 saturated heterocycles. The molecule has 3 aromatic rings. The molecule has 144 valence electrons. The molecular formula is C23H27N5. The van der Waals surface area contributed by atoms with Crippen LogP contribution in [-0.2, 0) is 6.42 Å². The molecular weight excluding hydrogens is 346 g/mol. The average Bonchev–Trinajstić information content (AvgIpc) is 3.22. The monoisotopic (exact) mass is 373 g/mol. The second-order valence-electron chi connectivity index (χ2n) is 7.16. The van der Waals surface area contributed by atoms with Gasteiger partial charge in [0.05, 0.1) is 5.52 Å². The average molecular weight is 374 g/mol. The Balaban J connectivity index is 1.27. The first-order valence-electron chi connectivity index (χ1n) is 9.94. The Hall–Kier alpha value is -3.08. The number of rotatable bonds is 5. The Morgan fingerprint density at radius 2 is 1.89 bits per heavy atom. The third-order valence-corrected chi connectivity index (χ3v) is 5.20. The summed E-state index contributed by atoms with van der Waals surface area (Å²) in [7, 11) is 1.83. The van der Waals surface area contributed by atoms with Crippen molar-refractivity contribution in [2.45, 2.75) is 18.9 Å². The number of fused-ring (bicyclic) bond motifs is 1. The lowest BCUT2D eigenvalue weighted by Gasteiger charge is -2.20. The number of nitrogens with one attached hydrogen (secondary N) is 2. The Kier molecular flexibility index (Phi) is 5.71. The molecule has 2 heterocycles. The molecule has 5 nitrogen and oxygen atoms in total. The molecule has 4 rings (SSSR count). The van der Waals surface area contributed by atoms with Crippen LogP contribution in [-0.4, -0.2) is 43.7 Å². The predicted octanol–water partition coefficient (Wildman–Crippen LogP) is 3.22. The fraction of sp³-hybridized carbons (Fsp3) is 0.304. The van der Waals surface area contributed by atoms with E-state index in [0.29, 0.717) is 6.04 Å². The van der Waals surface area contributed by atoms with E-state index < -0.39 is 0 Å². The molecule has 1 atom stereocenters. The smallest absolute Gasteiger partial charge is 0.191 e. The molecule has 1 aromatic heterocycles. The minimum Gasteiger partial charge on any atom is -0.369 e. The highest BCUT2D eigenvalue weighted by atomic mass is 15.2. The topological polar surface area (TPSA) is 52.6 Å². The lowest BCUT2D eigenvalue weighted by molar-refractivity contribution is 0.647. The third kappa shape index (κ3) is 4.42. The van der Waals surface area contributed by atoms with Gasteiger partial charge in [-0.3, -0.25) is 9.98 Å². The van der Waals surface area contributed by atoms with Gasteiger partial charge in [-0.15, -0.1) is 0 Å². The van der Waals surface area contributed by atoms with E-state index in [2.05, 4.69) is 75.1 Å². The Bertz CT molecular complexity index is 938. The maximum absolute atomic E-state index is 4.74. The first-order valence-corrected chi connectivity index (χ1v) is 9.94. The summed E-state index contributed by atoms with van der Waals surface area (Å²) < 4.78 is 0. The summed E-state index contributed by atoms with van der Waals surface area (Å²) in [5.41, 5.74) is 3.43. The molecule has 1 unspecified atom stereocenters. The number of benzene rings is 2. The lowest BCUT2D eigenvalue weighted by atomic mass is 10.2. The SMILES string of the molecule is CN=C(NCCc1ccc2ccccc2n1)NC1CCN(c2ccccc2)C1. The van der Waals surface area contributed by atoms with Crippen LogP contribution >= 0.6 is 0 Å². The van der Waals surface area contributed by atoms with Crippen LogP contribution in [0.15, 0.2) is 71.7 Å². The van der Waals surface area contributed by atoms with Crippen molar-refractivity contribution < 1.29 is 0 Å². The summed E-state index contributed by atoms with van der Waals surface area (Å²) in [5, 5.41) is 8.17. The fourth-order valence-electron chi connectivity index (χ4n) is 3.70. The summed E-state index contributed by atoms with van der Waals surface area (Å²) in [5.74, 6) is 0.862. The summed E-state index contributed by atoms with van der Waals surface area (Å²) in [6.07, 6.45) is 1.98. The molecule has 28 heavy (non-hydrogen) atoms. The number of anilines is 1. The molecule has 0 radical (unpaired) electrons. The van der Waals surface area contributed by atoms with Gasteiger partial charge in [0.2, 0.25) is 0 Å². The second-order valence-corrected chi connectivity index (χ2v) is 7.16. The number of aliphatic imine (C=N–C) groups is 1. The zero-order valence-electron chi connectivity index (χ0n) is 16.3. The number of hydrogen-bond donors (Lipinski definition) is 2. The molecule has 1 aliphatic rings. The highest BCUT2D eigenvalue weighted by Crippen LogP contribution is 2.19. The largest absolute Gasteiger partial charge is 0.369 e. The second kappa shape index (κ2) is 8.74. The van der Waals surface area contributed by atoms with Crippen LogP contribution in [0, 0.1) is 0 Å². The molecule has 0 amide bonds. The van der Waals surface area contributed by atoms with Crippen LogP contribution < -0.4 is 15.5 Å². The highest BCUT2D eigenvalue weighted by Gasteiger charge is 2.23. The molecule has 2 N–H and O–H groups in total. The van der Waals surface area contributed by atoms with Crippen LogP contribution in [0.3, 0.4) is 0 Å². The van der Waals surface area contributed by atoms with Crippen molar-refractivity contribution in [2.24, 2.45) is 4.99 Å². The zero-order chi connectivity index (χ0) is 19.2. The first-order chi connectivity index (χ1) is 13.8. The molecule has 5 heteroatoms. The van der Waals surface area contributed by atoms with E-state index in [4.69, 9.17) is 4.98 Å². The number of hydrogen-bond acceptors (Lipinski definition) is 3. The van der Waals surface area contributed by atoms with Crippen molar-refractivity contribution in [3.63, 3.8) is 0 Å². The van der Waals surface area contributed by atoms with Crippen LogP contribution in [0.5, 0.6) is 0 Å². The minimum atomic E-state index is 0.408. The third-order valence-electron chi connectivity index (χ3n) is 5.20. The van der Waals surface area contributed by atoms with Crippen molar-refractivity contribution in [1.82, 2.24) is 15.6 Å². The molecule has 1 aliphatic heterocycles. The zero-order valence-corrected chi connectivity index (χ0v) is 16.3. The van der Waals surface area contributed by atoms with Gasteiger partial charge in [-0.1, -0.05) is 42.5 Å². The Morgan fingerprint density at radius 3 is 2.75 bits per heavy atom. The van der Waals surface area contributed by atoms with E-state index in [1.165, 1.54) is 11.1 Å². The number of pyridine rings is 1. The lowest BCUT2D eigenvalue weighted by Crippen LogP contribution is -2.45. The van der Waals surface area contributed by atoms with Crippen molar-refractivity contribution in [3.8, 4) is 0 Å². The van der Waals surface area contributed by atoms with E-state index >= 15 is 0 Å². The van der Waals surface area contributed by atoms with Gasteiger partial charge in [-0.2, -0.15) is 0 Å². The number of aromatic nitrogens is 1. The van der Waals surface area contributed by atoms with Gasteiger partial charge in [0.15, 0.2) is 5.96 Å². The quantitative estimate of drug-likeness (QED) is 0.533. The van der Waals surface area contributed by atoms with Crippen LogP contribution in [0.1, 0.15) is 12.1 Å². The molecule has 0 bridgehead atoms. The van der Waals surface area contributed by atoms with E-state index in [1.54, 1.807) is 0 Å². The number of nitrogens with zero attached hydrogens (tertiary/aromatic N) is 3.